The summed E-state index contributed by atoms with van der Waals surface area (Å²) in [6.07, 6.45) is 2.56. The topological polar surface area (TPSA) is 54.5 Å². The van der Waals surface area contributed by atoms with Crippen molar-refractivity contribution in [3.63, 3.8) is 0 Å². The van der Waals surface area contributed by atoms with Gasteiger partial charge in [-0.15, -0.1) is 0 Å². The Bertz CT molecular complexity index is 675. The van der Waals surface area contributed by atoms with Gasteiger partial charge in [0.2, 0.25) is 5.91 Å². The maximum atomic E-state index is 12.8. The molecule has 5 heteroatoms. The van der Waals surface area contributed by atoms with Crippen LogP contribution in [0, 0.1) is 5.92 Å². The molecule has 0 spiro atoms. The summed E-state index contributed by atoms with van der Waals surface area (Å²) in [4.78, 5) is 14.7. The summed E-state index contributed by atoms with van der Waals surface area (Å²) in [6, 6.07) is 8.72. The molecule has 126 valence electrons. The van der Waals surface area contributed by atoms with E-state index in [4.69, 9.17) is 0 Å². The summed E-state index contributed by atoms with van der Waals surface area (Å²) in [5, 5.41) is 0. The molecule has 2 aliphatic rings. The average Bonchev–Trinajstić information content (AvgIpc) is 3.28. The second-order valence-corrected chi connectivity index (χ2v) is 9.42. The molecule has 1 amide bonds. The van der Waals surface area contributed by atoms with Gasteiger partial charge in [0, 0.05) is 12.6 Å². The van der Waals surface area contributed by atoms with Crippen LogP contribution in [0.1, 0.15) is 50.2 Å². The third-order valence-corrected chi connectivity index (χ3v) is 6.62. The Labute approximate surface area is 138 Å². The number of rotatable bonds is 5. The maximum absolute atomic E-state index is 12.8. The number of benzene rings is 1. The van der Waals surface area contributed by atoms with Gasteiger partial charge in [-0.3, -0.25) is 4.79 Å². The lowest BCUT2D eigenvalue weighted by Gasteiger charge is -2.25. The minimum absolute atomic E-state index is 0.0291. The molecule has 3 rings (SSSR count). The molecule has 1 saturated carbocycles. The molecule has 0 aromatic heterocycles. The minimum Gasteiger partial charge on any atom is -0.335 e. The Balaban J connectivity index is 1.71. The minimum atomic E-state index is -3.01. The standard InChI is InChI=1S/C18H25NO3S/c1-13(2)15-5-3-14(4-6-15)11-19(17-7-8-17)18(20)16-9-10-23(21,22)12-16/h3-6,13,16-17H,7-12H2,1-2H3. The van der Waals surface area contributed by atoms with Gasteiger partial charge in [-0.1, -0.05) is 38.1 Å². The van der Waals surface area contributed by atoms with Crippen molar-refractivity contribution in [2.45, 2.75) is 51.6 Å². The third-order valence-electron chi connectivity index (χ3n) is 4.85. The number of nitrogens with zero attached hydrogens (tertiary/aromatic N) is 1. The van der Waals surface area contributed by atoms with E-state index >= 15 is 0 Å². The van der Waals surface area contributed by atoms with Gasteiger partial charge in [-0.2, -0.15) is 0 Å². The zero-order chi connectivity index (χ0) is 16.6. The van der Waals surface area contributed by atoms with Crippen LogP contribution in [0.3, 0.4) is 0 Å². The first kappa shape index (κ1) is 16.5. The molecule has 1 unspecified atom stereocenters. The summed E-state index contributed by atoms with van der Waals surface area (Å²) in [6.45, 7) is 4.92. The van der Waals surface area contributed by atoms with Crippen LogP contribution in [0.4, 0.5) is 0 Å². The van der Waals surface area contributed by atoms with Crippen LogP contribution in [0.15, 0.2) is 24.3 Å². The Morgan fingerprint density at radius 3 is 2.30 bits per heavy atom. The van der Waals surface area contributed by atoms with E-state index in [0.29, 0.717) is 24.9 Å². The summed E-state index contributed by atoms with van der Waals surface area (Å²) < 4.78 is 23.3. The lowest BCUT2D eigenvalue weighted by Crippen LogP contribution is -2.37. The molecule has 4 nitrogen and oxygen atoms in total. The Morgan fingerprint density at radius 2 is 1.83 bits per heavy atom. The quantitative estimate of drug-likeness (QED) is 0.831. The molecule has 23 heavy (non-hydrogen) atoms. The predicted molar refractivity (Wildman–Crippen MR) is 90.9 cm³/mol. The van der Waals surface area contributed by atoms with Gasteiger partial charge in [0.1, 0.15) is 0 Å². The van der Waals surface area contributed by atoms with E-state index in [1.807, 2.05) is 4.90 Å². The first-order valence-electron chi connectivity index (χ1n) is 8.45. The van der Waals surface area contributed by atoms with Gasteiger partial charge in [0.25, 0.3) is 0 Å². The van der Waals surface area contributed by atoms with Gasteiger partial charge in [0.05, 0.1) is 17.4 Å². The van der Waals surface area contributed by atoms with Crippen molar-refractivity contribution < 1.29 is 13.2 Å². The smallest absolute Gasteiger partial charge is 0.227 e. The van der Waals surface area contributed by atoms with Crippen LogP contribution in [-0.2, 0) is 21.2 Å². The molecule has 0 N–H and O–H groups in total. The van der Waals surface area contributed by atoms with Crippen LogP contribution in [0.2, 0.25) is 0 Å². The molecule has 0 radical (unpaired) electrons. The van der Waals surface area contributed by atoms with Crippen molar-refractivity contribution in [2.75, 3.05) is 11.5 Å². The largest absolute Gasteiger partial charge is 0.335 e. The van der Waals surface area contributed by atoms with Crippen LogP contribution in [0.5, 0.6) is 0 Å². The van der Waals surface area contributed by atoms with E-state index in [-0.39, 0.29) is 23.3 Å². The maximum Gasteiger partial charge on any atom is 0.227 e. The van der Waals surface area contributed by atoms with E-state index in [1.165, 1.54) is 5.56 Å². The molecular weight excluding hydrogens is 310 g/mol. The highest BCUT2D eigenvalue weighted by molar-refractivity contribution is 7.91. The lowest BCUT2D eigenvalue weighted by molar-refractivity contribution is -0.136. The van der Waals surface area contributed by atoms with E-state index in [9.17, 15) is 13.2 Å². The van der Waals surface area contributed by atoms with E-state index in [2.05, 4.69) is 38.1 Å². The fraction of sp³-hybridized carbons (Fsp3) is 0.611. The van der Waals surface area contributed by atoms with Crippen molar-refractivity contribution in [3.05, 3.63) is 35.4 Å². The van der Waals surface area contributed by atoms with Crippen molar-refractivity contribution in [3.8, 4) is 0 Å². The highest BCUT2D eigenvalue weighted by atomic mass is 32.2. The average molecular weight is 335 g/mol. The number of hydrogen-bond donors (Lipinski definition) is 0. The summed E-state index contributed by atoms with van der Waals surface area (Å²) in [5.41, 5.74) is 2.41. The highest BCUT2D eigenvalue weighted by Crippen LogP contribution is 2.32. The molecule has 1 saturated heterocycles. The molecular formula is C18H25NO3S. The molecule has 1 aliphatic carbocycles. The molecule has 1 aliphatic heterocycles. The van der Waals surface area contributed by atoms with Gasteiger partial charge >= 0.3 is 0 Å². The van der Waals surface area contributed by atoms with Crippen LogP contribution in [0.25, 0.3) is 0 Å². The molecule has 1 aromatic rings. The zero-order valence-corrected chi connectivity index (χ0v) is 14.7. The number of carbonyl (C=O) groups excluding carboxylic acids is 1. The summed E-state index contributed by atoms with van der Waals surface area (Å²) >= 11 is 0. The van der Waals surface area contributed by atoms with Crippen LogP contribution >= 0.6 is 0 Å². The second kappa shape index (κ2) is 6.27. The molecule has 1 atom stereocenters. The fourth-order valence-electron chi connectivity index (χ4n) is 3.20. The lowest BCUT2D eigenvalue weighted by atomic mass is 10.0. The van der Waals surface area contributed by atoms with Crippen molar-refractivity contribution in [1.29, 1.82) is 0 Å². The summed E-state index contributed by atoms with van der Waals surface area (Å²) in [7, 11) is -3.01. The van der Waals surface area contributed by atoms with Gasteiger partial charge in [0.15, 0.2) is 9.84 Å². The number of carbonyl (C=O) groups is 1. The third kappa shape index (κ3) is 3.94. The summed E-state index contributed by atoms with van der Waals surface area (Å²) in [5.74, 6) is 0.373. The molecule has 1 aromatic carbocycles. The van der Waals surface area contributed by atoms with E-state index in [0.717, 1.165) is 18.4 Å². The number of sulfone groups is 1. The normalized spacial score (nSPS) is 23.2. The molecule has 0 bridgehead atoms. The van der Waals surface area contributed by atoms with Gasteiger partial charge in [-0.05, 0) is 36.3 Å². The van der Waals surface area contributed by atoms with Crippen LogP contribution < -0.4 is 0 Å². The number of amides is 1. The van der Waals surface area contributed by atoms with Crippen molar-refractivity contribution in [2.24, 2.45) is 5.92 Å². The van der Waals surface area contributed by atoms with Gasteiger partial charge < -0.3 is 4.90 Å². The first-order valence-corrected chi connectivity index (χ1v) is 10.3. The number of hydrogen-bond acceptors (Lipinski definition) is 3. The van der Waals surface area contributed by atoms with E-state index < -0.39 is 9.84 Å². The van der Waals surface area contributed by atoms with Crippen LogP contribution in [-0.4, -0.2) is 36.8 Å². The second-order valence-electron chi connectivity index (χ2n) is 7.19. The van der Waals surface area contributed by atoms with Gasteiger partial charge in [-0.25, -0.2) is 8.42 Å². The van der Waals surface area contributed by atoms with E-state index in [1.54, 1.807) is 0 Å². The van der Waals surface area contributed by atoms with Crippen molar-refractivity contribution in [1.82, 2.24) is 4.90 Å². The monoisotopic (exact) mass is 335 g/mol. The fourth-order valence-corrected chi connectivity index (χ4v) is 4.93. The Kier molecular flexibility index (Phi) is 4.50. The first-order chi connectivity index (χ1) is 10.9. The molecule has 1 heterocycles. The highest BCUT2D eigenvalue weighted by Gasteiger charge is 2.40. The zero-order valence-electron chi connectivity index (χ0n) is 13.9. The Morgan fingerprint density at radius 1 is 1.17 bits per heavy atom. The predicted octanol–water partition coefficient (Wildman–Crippen LogP) is 2.74. The molecule has 2 fully saturated rings. The SMILES string of the molecule is CC(C)c1ccc(CN(C(=O)C2CCS(=O)(=O)C2)C2CC2)cc1. The van der Waals surface area contributed by atoms with Crippen molar-refractivity contribution >= 4 is 15.7 Å². The Hall–Kier alpha value is -1.36.